The van der Waals surface area contributed by atoms with Crippen LogP contribution in [0.25, 0.3) is 0 Å². The van der Waals surface area contributed by atoms with Crippen LogP contribution < -0.4 is 5.73 Å². The Morgan fingerprint density at radius 1 is 1.16 bits per heavy atom. The topological polar surface area (TPSA) is 63.4 Å². The molecule has 1 aromatic carbocycles. The minimum absolute atomic E-state index is 0.0202. The molecule has 2 heterocycles. The average Bonchev–Trinajstić information content (AvgIpc) is 3.15. The Balaban J connectivity index is 1.57. The van der Waals surface area contributed by atoms with Gasteiger partial charge < -0.3 is 10.6 Å². The molecule has 4 nitrogen and oxygen atoms in total. The minimum Gasteiger partial charge on any atom is -0.340 e. The Hall–Kier alpha value is -1.98. The van der Waals surface area contributed by atoms with E-state index in [1.54, 1.807) is 16.2 Å². The summed E-state index contributed by atoms with van der Waals surface area (Å²) in [5.74, 6) is 0.243. The van der Waals surface area contributed by atoms with Crippen molar-refractivity contribution >= 4 is 23.0 Å². The third-order valence-corrected chi connectivity index (χ3v) is 5.82. The number of benzene rings is 1. The number of nitrogens with zero attached hydrogens (tertiary/aromatic N) is 1. The second-order valence-electron chi connectivity index (χ2n) is 6.73. The standard InChI is InChI=1S/C20H24N2O2S/c1-13-10-16(14(2)25-13)19(23)8-9-20(24)22-11-17(18(21)12-22)15-6-4-3-5-7-15/h3-7,10,17-18H,8-9,11-12,21H2,1-2H3/t17-,18+/m0/s1. The van der Waals surface area contributed by atoms with Gasteiger partial charge in [-0.2, -0.15) is 0 Å². The number of hydrogen-bond donors (Lipinski definition) is 1. The third kappa shape index (κ3) is 3.99. The van der Waals surface area contributed by atoms with Crippen LogP contribution in [0.1, 0.15) is 44.4 Å². The molecule has 1 aliphatic rings. The van der Waals surface area contributed by atoms with Gasteiger partial charge in [-0.3, -0.25) is 9.59 Å². The lowest BCUT2D eigenvalue weighted by atomic mass is 9.95. The van der Waals surface area contributed by atoms with Crippen LogP contribution in [0.5, 0.6) is 0 Å². The first-order chi connectivity index (χ1) is 12.0. The summed E-state index contributed by atoms with van der Waals surface area (Å²) in [7, 11) is 0. The van der Waals surface area contributed by atoms with E-state index in [0.29, 0.717) is 13.1 Å². The minimum atomic E-state index is -0.0520. The second-order valence-corrected chi connectivity index (χ2v) is 8.19. The lowest BCUT2D eigenvalue weighted by Crippen LogP contribution is -2.32. The van der Waals surface area contributed by atoms with E-state index in [1.807, 2.05) is 38.1 Å². The number of carbonyl (C=O) groups is 2. The van der Waals surface area contributed by atoms with E-state index < -0.39 is 0 Å². The summed E-state index contributed by atoms with van der Waals surface area (Å²) >= 11 is 1.62. The molecule has 2 N–H and O–H groups in total. The van der Waals surface area contributed by atoms with Gasteiger partial charge in [-0.25, -0.2) is 0 Å². The van der Waals surface area contributed by atoms with Crippen molar-refractivity contribution < 1.29 is 9.59 Å². The highest BCUT2D eigenvalue weighted by atomic mass is 32.1. The van der Waals surface area contributed by atoms with Gasteiger partial charge in [-0.15, -0.1) is 11.3 Å². The number of rotatable bonds is 5. The normalized spacial score (nSPS) is 20.0. The largest absolute Gasteiger partial charge is 0.340 e. The Kier molecular flexibility index (Phi) is 5.35. The highest BCUT2D eigenvalue weighted by Crippen LogP contribution is 2.27. The van der Waals surface area contributed by atoms with Gasteiger partial charge in [-0.05, 0) is 25.5 Å². The van der Waals surface area contributed by atoms with Gasteiger partial charge in [0.1, 0.15) is 0 Å². The van der Waals surface area contributed by atoms with Gasteiger partial charge in [0.2, 0.25) is 5.91 Å². The molecule has 25 heavy (non-hydrogen) atoms. The van der Waals surface area contributed by atoms with Crippen molar-refractivity contribution in [3.8, 4) is 0 Å². The van der Waals surface area contributed by atoms with E-state index >= 15 is 0 Å². The van der Waals surface area contributed by atoms with Gasteiger partial charge in [0.15, 0.2) is 5.78 Å². The number of carbonyl (C=O) groups excluding carboxylic acids is 2. The predicted molar refractivity (Wildman–Crippen MR) is 101 cm³/mol. The lowest BCUT2D eigenvalue weighted by molar-refractivity contribution is -0.130. The van der Waals surface area contributed by atoms with Crippen molar-refractivity contribution in [1.82, 2.24) is 4.90 Å². The summed E-state index contributed by atoms with van der Waals surface area (Å²) in [4.78, 5) is 28.8. The number of ketones is 1. The number of thiophene rings is 1. The summed E-state index contributed by atoms with van der Waals surface area (Å²) in [5, 5.41) is 0. The summed E-state index contributed by atoms with van der Waals surface area (Å²) in [6.07, 6.45) is 0.513. The average molecular weight is 356 g/mol. The zero-order valence-corrected chi connectivity index (χ0v) is 15.5. The quantitative estimate of drug-likeness (QED) is 0.836. The molecule has 1 aliphatic heterocycles. The van der Waals surface area contributed by atoms with Gasteiger partial charge in [-0.1, -0.05) is 30.3 Å². The van der Waals surface area contributed by atoms with E-state index in [4.69, 9.17) is 5.73 Å². The van der Waals surface area contributed by atoms with Crippen molar-refractivity contribution in [2.75, 3.05) is 13.1 Å². The maximum absolute atomic E-state index is 12.5. The fraction of sp³-hybridized carbons (Fsp3) is 0.400. The smallest absolute Gasteiger partial charge is 0.223 e. The van der Waals surface area contributed by atoms with Crippen molar-refractivity contribution in [3.05, 3.63) is 57.3 Å². The van der Waals surface area contributed by atoms with Crippen LogP contribution in [0.4, 0.5) is 0 Å². The molecule has 0 aliphatic carbocycles. The highest BCUT2D eigenvalue weighted by molar-refractivity contribution is 7.12. The highest BCUT2D eigenvalue weighted by Gasteiger charge is 2.33. The predicted octanol–water partition coefficient (Wildman–Crippen LogP) is 3.28. The number of Topliss-reactive ketones (excluding diaryl/α,β-unsaturated/α-hetero) is 1. The van der Waals surface area contributed by atoms with Crippen LogP contribution in [-0.4, -0.2) is 35.7 Å². The summed E-state index contributed by atoms with van der Waals surface area (Å²) < 4.78 is 0. The van der Waals surface area contributed by atoms with E-state index in [1.165, 1.54) is 5.56 Å². The summed E-state index contributed by atoms with van der Waals surface area (Å²) in [6, 6.07) is 12.0. The van der Waals surface area contributed by atoms with Crippen molar-refractivity contribution in [3.63, 3.8) is 0 Å². The molecular weight excluding hydrogens is 332 g/mol. The molecule has 1 aromatic heterocycles. The molecule has 132 valence electrons. The van der Waals surface area contributed by atoms with Crippen LogP contribution in [-0.2, 0) is 4.79 Å². The van der Waals surface area contributed by atoms with Gasteiger partial charge >= 0.3 is 0 Å². The summed E-state index contributed by atoms with van der Waals surface area (Å²) in [6.45, 7) is 5.14. The Bertz CT molecular complexity index is 769. The molecule has 0 saturated carbocycles. The van der Waals surface area contributed by atoms with E-state index in [-0.39, 0.29) is 36.5 Å². The fourth-order valence-electron chi connectivity index (χ4n) is 3.51. The maximum Gasteiger partial charge on any atom is 0.223 e. The summed E-state index contributed by atoms with van der Waals surface area (Å²) in [5.41, 5.74) is 8.18. The maximum atomic E-state index is 12.5. The molecule has 5 heteroatoms. The molecule has 2 aromatic rings. The first-order valence-corrected chi connectivity index (χ1v) is 9.46. The van der Waals surface area contributed by atoms with E-state index in [2.05, 4.69) is 12.1 Å². The lowest BCUT2D eigenvalue weighted by Gasteiger charge is -2.16. The molecule has 0 spiro atoms. The van der Waals surface area contributed by atoms with Crippen LogP contribution in [0, 0.1) is 13.8 Å². The Labute approximate surface area is 152 Å². The number of likely N-dealkylation sites (tertiary alicyclic amines) is 1. The SMILES string of the molecule is Cc1cc(C(=O)CCC(=O)N2C[C@@H](N)[C@H](c3ccccc3)C2)c(C)s1. The van der Waals surface area contributed by atoms with Crippen molar-refractivity contribution in [2.24, 2.45) is 5.73 Å². The third-order valence-electron chi connectivity index (χ3n) is 4.85. The second kappa shape index (κ2) is 7.50. The van der Waals surface area contributed by atoms with Gasteiger partial charge in [0.25, 0.3) is 0 Å². The zero-order chi connectivity index (χ0) is 18.0. The number of amides is 1. The molecule has 0 radical (unpaired) electrons. The molecule has 1 amide bonds. The number of hydrogen-bond acceptors (Lipinski definition) is 4. The Morgan fingerprint density at radius 3 is 2.52 bits per heavy atom. The molecule has 3 rings (SSSR count). The van der Waals surface area contributed by atoms with Crippen LogP contribution in [0.15, 0.2) is 36.4 Å². The van der Waals surface area contributed by atoms with Crippen LogP contribution in [0.3, 0.4) is 0 Å². The van der Waals surface area contributed by atoms with Crippen molar-refractivity contribution in [1.29, 1.82) is 0 Å². The zero-order valence-electron chi connectivity index (χ0n) is 14.7. The van der Waals surface area contributed by atoms with E-state index in [0.717, 1.165) is 15.3 Å². The van der Waals surface area contributed by atoms with E-state index in [9.17, 15) is 9.59 Å². The van der Waals surface area contributed by atoms with Crippen molar-refractivity contribution in [2.45, 2.75) is 38.6 Å². The molecule has 1 saturated heterocycles. The number of nitrogens with two attached hydrogens (primary N) is 1. The first kappa shape index (κ1) is 17.8. The molecule has 0 unspecified atom stereocenters. The van der Waals surface area contributed by atoms with Crippen LogP contribution >= 0.6 is 11.3 Å². The fourth-order valence-corrected chi connectivity index (χ4v) is 4.45. The number of aryl methyl sites for hydroxylation is 2. The molecular formula is C20H24N2O2S. The molecule has 0 bridgehead atoms. The molecule has 1 fully saturated rings. The van der Waals surface area contributed by atoms with Crippen LogP contribution in [0.2, 0.25) is 0 Å². The first-order valence-electron chi connectivity index (χ1n) is 8.64. The molecule has 2 atom stereocenters. The van der Waals surface area contributed by atoms with Gasteiger partial charge in [0, 0.05) is 53.2 Å². The monoisotopic (exact) mass is 356 g/mol. The van der Waals surface area contributed by atoms with Gasteiger partial charge in [0.05, 0.1) is 0 Å². The Morgan fingerprint density at radius 2 is 1.88 bits per heavy atom.